The van der Waals surface area contributed by atoms with Gasteiger partial charge in [0.2, 0.25) is 0 Å². The van der Waals surface area contributed by atoms with Gasteiger partial charge in [-0.25, -0.2) is 0 Å². The van der Waals surface area contributed by atoms with Crippen molar-refractivity contribution in [3.05, 3.63) is 51.2 Å². The number of aliphatic imine (C=N–C) groups is 1. The van der Waals surface area contributed by atoms with E-state index in [1.807, 2.05) is 6.92 Å². The van der Waals surface area contributed by atoms with Crippen LogP contribution < -0.4 is 0 Å². The minimum Gasteiger partial charge on any atom is -0.465 e. The molecule has 2 atom stereocenters. The molecule has 0 spiro atoms. The van der Waals surface area contributed by atoms with Crippen molar-refractivity contribution in [2.75, 3.05) is 6.61 Å². The summed E-state index contributed by atoms with van der Waals surface area (Å²) in [6.07, 6.45) is 2.44. The van der Waals surface area contributed by atoms with Crippen LogP contribution in [-0.4, -0.2) is 29.0 Å². The van der Waals surface area contributed by atoms with Crippen LogP contribution in [-0.2, 0) is 14.3 Å². The molecule has 0 amide bonds. The molecule has 0 bridgehead atoms. The molecule has 1 unspecified atom stereocenters. The Morgan fingerprint density at radius 1 is 1.26 bits per heavy atom. The number of nitrogens with zero attached hydrogens (tertiary/aromatic N) is 2. The van der Waals surface area contributed by atoms with Crippen molar-refractivity contribution in [1.82, 2.24) is 0 Å². The summed E-state index contributed by atoms with van der Waals surface area (Å²) in [6.45, 7) is 3.90. The molecule has 2 aliphatic rings. The predicted molar refractivity (Wildman–Crippen MR) is 99.6 cm³/mol. The van der Waals surface area contributed by atoms with Gasteiger partial charge in [-0.3, -0.25) is 24.7 Å². The number of nitro groups is 1. The number of rotatable bonds is 5. The highest BCUT2D eigenvalue weighted by molar-refractivity contribution is 6.09. The summed E-state index contributed by atoms with van der Waals surface area (Å²) in [6, 6.07) is 6.06. The Hall–Kier alpha value is -2.83. The highest BCUT2D eigenvalue weighted by atomic mass is 16.6. The van der Waals surface area contributed by atoms with E-state index in [2.05, 4.69) is 4.99 Å². The molecule has 7 heteroatoms. The summed E-state index contributed by atoms with van der Waals surface area (Å²) < 4.78 is 5.28. The van der Waals surface area contributed by atoms with Crippen molar-refractivity contribution in [2.24, 2.45) is 10.9 Å². The second-order valence-electron chi connectivity index (χ2n) is 6.65. The maximum Gasteiger partial charge on any atom is 0.315 e. The Bertz CT molecular complexity index is 838. The van der Waals surface area contributed by atoms with Crippen molar-refractivity contribution in [3.8, 4) is 0 Å². The number of non-ortho nitro benzene ring substituents is 1. The van der Waals surface area contributed by atoms with E-state index in [1.165, 1.54) is 12.1 Å². The molecule has 1 aromatic rings. The zero-order valence-corrected chi connectivity index (χ0v) is 15.4. The number of ketones is 1. The number of ether oxygens (including phenoxy) is 1. The SMILES string of the molecule is CCOC(=O)C1C(CC)=NC2=C(C(=O)CCC2)[C@H]1c1ccc([N+](=O)[O-])cc1. The molecular weight excluding hydrogens is 348 g/mol. The standard InChI is InChI=1S/C20H22N2O5/c1-3-14-19(20(24)27-4-2)17(12-8-10-13(11-9-12)22(25)26)18-15(21-14)6-5-7-16(18)23/h8-11,17,19H,3-7H2,1-2H3/t17-,19?/m1/s1. The fourth-order valence-corrected chi connectivity index (χ4v) is 3.88. The van der Waals surface area contributed by atoms with Crippen molar-refractivity contribution >= 4 is 23.2 Å². The van der Waals surface area contributed by atoms with Gasteiger partial charge in [0.25, 0.3) is 5.69 Å². The van der Waals surface area contributed by atoms with Gasteiger partial charge >= 0.3 is 5.97 Å². The van der Waals surface area contributed by atoms with Gasteiger partial charge in [-0.2, -0.15) is 0 Å². The van der Waals surface area contributed by atoms with Crippen molar-refractivity contribution in [2.45, 2.75) is 45.4 Å². The second-order valence-corrected chi connectivity index (χ2v) is 6.65. The number of nitro benzene ring substituents is 1. The quantitative estimate of drug-likeness (QED) is 0.447. The van der Waals surface area contributed by atoms with Crippen LogP contribution in [0.25, 0.3) is 0 Å². The minimum absolute atomic E-state index is 0.00666. The van der Waals surface area contributed by atoms with Crippen molar-refractivity contribution in [1.29, 1.82) is 0 Å². The van der Waals surface area contributed by atoms with E-state index in [9.17, 15) is 19.7 Å². The van der Waals surface area contributed by atoms with E-state index >= 15 is 0 Å². The largest absolute Gasteiger partial charge is 0.465 e. The Balaban J connectivity index is 2.14. The highest BCUT2D eigenvalue weighted by Gasteiger charge is 2.43. The molecule has 0 saturated heterocycles. The van der Waals surface area contributed by atoms with Crippen LogP contribution in [0, 0.1) is 16.0 Å². The number of carbonyl (C=O) groups excluding carboxylic acids is 2. The Morgan fingerprint density at radius 2 is 1.96 bits per heavy atom. The molecule has 27 heavy (non-hydrogen) atoms. The number of hydrogen-bond donors (Lipinski definition) is 0. The molecule has 0 radical (unpaired) electrons. The van der Waals surface area contributed by atoms with E-state index in [0.717, 1.165) is 12.1 Å². The normalized spacial score (nSPS) is 22.1. The molecule has 0 aromatic heterocycles. The van der Waals surface area contributed by atoms with Crippen LogP contribution in [0.5, 0.6) is 0 Å². The van der Waals surface area contributed by atoms with Gasteiger partial charge in [0.05, 0.1) is 11.5 Å². The van der Waals surface area contributed by atoms with Gasteiger partial charge in [0, 0.05) is 41.5 Å². The number of hydrogen-bond acceptors (Lipinski definition) is 6. The minimum atomic E-state index is -0.683. The molecular formula is C20H22N2O5. The molecule has 1 aliphatic heterocycles. The first-order valence-electron chi connectivity index (χ1n) is 9.22. The third-order valence-corrected chi connectivity index (χ3v) is 5.08. The third-order valence-electron chi connectivity index (χ3n) is 5.08. The van der Waals surface area contributed by atoms with E-state index in [4.69, 9.17) is 4.74 Å². The molecule has 3 rings (SSSR count). The molecule has 0 fully saturated rings. The van der Waals surface area contributed by atoms with Gasteiger partial charge < -0.3 is 4.74 Å². The molecule has 0 saturated carbocycles. The van der Waals surface area contributed by atoms with Gasteiger partial charge in [-0.15, -0.1) is 0 Å². The second kappa shape index (κ2) is 7.82. The molecule has 7 nitrogen and oxygen atoms in total. The monoisotopic (exact) mass is 370 g/mol. The van der Waals surface area contributed by atoms with E-state index in [0.29, 0.717) is 36.1 Å². The summed E-state index contributed by atoms with van der Waals surface area (Å²) in [4.78, 5) is 40.6. The zero-order valence-electron chi connectivity index (χ0n) is 15.4. The van der Waals surface area contributed by atoms with E-state index < -0.39 is 22.7 Å². The lowest BCUT2D eigenvalue weighted by atomic mass is 9.71. The van der Waals surface area contributed by atoms with Crippen LogP contribution in [0.15, 0.2) is 40.5 Å². The molecule has 142 valence electrons. The van der Waals surface area contributed by atoms with Gasteiger partial charge in [0.15, 0.2) is 5.78 Å². The molecule has 1 heterocycles. The lowest BCUT2D eigenvalue weighted by Gasteiger charge is -2.35. The first-order chi connectivity index (χ1) is 13.0. The lowest BCUT2D eigenvalue weighted by molar-refractivity contribution is -0.384. The zero-order chi connectivity index (χ0) is 19.6. The van der Waals surface area contributed by atoms with Crippen LogP contribution >= 0.6 is 0 Å². The van der Waals surface area contributed by atoms with Crippen molar-refractivity contribution in [3.63, 3.8) is 0 Å². The summed E-state index contributed by atoms with van der Waals surface area (Å²) in [7, 11) is 0. The number of allylic oxidation sites excluding steroid dienone is 2. The average Bonchev–Trinajstić information content (AvgIpc) is 2.67. The molecule has 1 aliphatic carbocycles. The van der Waals surface area contributed by atoms with Gasteiger partial charge in [-0.1, -0.05) is 19.1 Å². The van der Waals surface area contributed by atoms with Crippen LogP contribution in [0.3, 0.4) is 0 Å². The van der Waals surface area contributed by atoms with Crippen LogP contribution in [0.2, 0.25) is 0 Å². The number of esters is 1. The lowest BCUT2D eigenvalue weighted by Crippen LogP contribution is -2.38. The topological polar surface area (TPSA) is 98.9 Å². The summed E-state index contributed by atoms with van der Waals surface area (Å²) in [5, 5.41) is 11.0. The number of benzene rings is 1. The van der Waals surface area contributed by atoms with Crippen LogP contribution in [0.1, 0.15) is 51.0 Å². The summed E-state index contributed by atoms with van der Waals surface area (Å²) >= 11 is 0. The summed E-state index contributed by atoms with van der Waals surface area (Å²) in [5.74, 6) is -1.61. The van der Waals surface area contributed by atoms with Gasteiger partial charge in [0.1, 0.15) is 5.92 Å². The summed E-state index contributed by atoms with van der Waals surface area (Å²) in [5.41, 5.74) is 2.67. The maximum atomic E-state index is 12.8. The smallest absolute Gasteiger partial charge is 0.315 e. The number of Topliss-reactive ketones (excluding diaryl/α,β-unsaturated/α-hetero) is 1. The van der Waals surface area contributed by atoms with Gasteiger partial charge in [-0.05, 0) is 31.7 Å². The fraction of sp³-hybridized carbons (Fsp3) is 0.450. The maximum absolute atomic E-state index is 12.8. The molecule has 1 aromatic carbocycles. The molecule has 0 N–H and O–H groups in total. The van der Waals surface area contributed by atoms with E-state index in [1.54, 1.807) is 19.1 Å². The Kier molecular flexibility index (Phi) is 5.48. The average molecular weight is 370 g/mol. The first kappa shape index (κ1) is 18.9. The third kappa shape index (κ3) is 3.54. The Labute approximate surface area is 157 Å². The first-order valence-corrected chi connectivity index (χ1v) is 9.22. The Morgan fingerprint density at radius 3 is 2.56 bits per heavy atom. The fourth-order valence-electron chi connectivity index (χ4n) is 3.88. The predicted octanol–water partition coefficient (Wildman–Crippen LogP) is 3.73. The highest BCUT2D eigenvalue weighted by Crippen LogP contribution is 2.44. The van der Waals surface area contributed by atoms with E-state index in [-0.39, 0.29) is 18.1 Å². The number of carbonyl (C=O) groups is 2. The van der Waals surface area contributed by atoms with Crippen LogP contribution in [0.4, 0.5) is 5.69 Å². The van der Waals surface area contributed by atoms with Crippen molar-refractivity contribution < 1.29 is 19.2 Å².